The molecule has 0 atom stereocenters. The zero-order chi connectivity index (χ0) is 24.1. The van der Waals surface area contributed by atoms with Gasteiger partial charge in [0.15, 0.2) is 6.20 Å². The Hall–Kier alpha value is -3.05. The van der Waals surface area contributed by atoms with Crippen molar-refractivity contribution in [2.75, 3.05) is 18.0 Å². The third-order valence-electron chi connectivity index (χ3n) is 6.61. The number of nitrogens with one attached hydrogen (secondary N) is 1. The molecule has 1 aromatic carbocycles. The molecule has 0 amide bonds. The van der Waals surface area contributed by atoms with E-state index in [4.69, 9.17) is 9.84 Å². The van der Waals surface area contributed by atoms with Gasteiger partial charge >= 0.3 is 5.97 Å². The number of hydrogen-bond donors (Lipinski definition) is 1. The SMILES string of the molecule is CCN(CCCCCC(=O)O)c1ccc2c(c1)OC1=C/C(=C/c3cccc[nH+]3)CC(C)(C)C1=C2.[Cl-]. The number of nitrogens with zero attached hydrogens (tertiary/aromatic N) is 1. The van der Waals surface area contributed by atoms with E-state index < -0.39 is 5.97 Å². The van der Waals surface area contributed by atoms with Gasteiger partial charge in [0, 0.05) is 60.6 Å². The maximum atomic E-state index is 10.7. The van der Waals surface area contributed by atoms with Crippen LogP contribution in [-0.2, 0) is 4.79 Å². The standard InChI is InChI=1S/C29H34N2O3.ClH/c1-4-31(15-9-5-6-11-28(32)33)24-13-12-22-18-25-27(34-26(22)19-24)17-21(20-29(25,2)3)16-23-10-7-8-14-30-23;/h7-8,10,12-14,16-19H,4-6,9,11,15,20H2,1-3H3,(H,32,33);1H/b21-16-;. The number of ether oxygens (including phenoxy) is 1. The molecule has 186 valence electrons. The Balaban J connectivity index is 0.00000342. The Kier molecular flexibility index (Phi) is 8.79. The number of aliphatic carboxylic acids is 1. The average Bonchev–Trinajstić information content (AvgIpc) is 2.80. The predicted molar refractivity (Wildman–Crippen MR) is 136 cm³/mol. The van der Waals surface area contributed by atoms with Gasteiger partial charge in [-0.25, -0.2) is 4.98 Å². The molecule has 5 nitrogen and oxygen atoms in total. The largest absolute Gasteiger partial charge is 1.00 e. The van der Waals surface area contributed by atoms with Crippen molar-refractivity contribution in [2.24, 2.45) is 5.41 Å². The summed E-state index contributed by atoms with van der Waals surface area (Å²) in [5.41, 5.74) is 5.81. The molecule has 2 heterocycles. The number of anilines is 1. The molecule has 2 N–H and O–H groups in total. The summed E-state index contributed by atoms with van der Waals surface area (Å²) in [6.45, 7) is 8.52. The van der Waals surface area contributed by atoms with Crippen LogP contribution >= 0.6 is 0 Å². The molecule has 0 saturated carbocycles. The third-order valence-corrected chi connectivity index (χ3v) is 6.61. The van der Waals surface area contributed by atoms with Gasteiger partial charge in [0.2, 0.25) is 5.69 Å². The first-order valence-electron chi connectivity index (χ1n) is 12.3. The third kappa shape index (κ3) is 6.55. The minimum absolute atomic E-state index is 0. The number of aromatic nitrogens is 1. The lowest BCUT2D eigenvalue weighted by atomic mass is 9.72. The monoisotopic (exact) mass is 494 g/mol. The number of unbranched alkanes of at least 4 members (excludes halogenated alkanes) is 2. The van der Waals surface area contributed by atoms with Gasteiger partial charge in [0.1, 0.15) is 11.5 Å². The van der Waals surface area contributed by atoms with Crippen LogP contribution in [0.15, 0.2) is 65.6 Å². The maximum absolute atomic E-state index is 10.7. The number of halogens is 1. The number of rotatable bonds is 9. The van der Waals surface area contributed by atoms with E-state index in [1.165, 1.54) is 11.1 Å². The highest BCUT2D eigenvalue weighted by molar-refractivity contribution is 5.73. The summed E-state index contributed by atoms with van der Waals surface area (Å²) in [7, 11) is 0. The van der Waals surface area contributed by atoms with Crippen LogP contribution in [-0.4, -0.2) is 24.2 Å². The van der Waals surface area contributed by atoms with E-state index in [-0.39, 0.29) is 24.2 Å². The molecule has 0 unspecified atom stereocenters. The molecular weight excluding hydrogens is 460 g/mol. The topological polar surface area (TPSA) is 63.9 Å². The molecule has 1 aromatic heterocycles. The molecule has 2 aromatic rings. The van der Waals surface area contributed by atoms with E-state index in [0.717, 1.165) is 67.2 Å². The zero-order valence-corrected chi connectivity index (χ0v) is 21.6. The molecule has 6 heteroatoms. The first kappa shape index (κ1) is 26.6. The van der Waals surface area contributed by atoms with Crippen molar-refractivity contribution in [1.29, 1.82) is 0 Å². The van der Waals surface area contributed by atoms with Gasteiger partial charge in [-0.3, -0.25) is 4.79 Å². The van der Waals surface area contributed by atoms with Crippen LogP contribution in [0.3, 0.4) is 0 Å². The van der Waals surface area contributed by atoms with E-state index in [9.17, 15) is 4.79 Å². The van der Waals surface area contributed by atoms with Gasteiger partial charge in [-0.15, -0.1) is 0 Å². The molecule has 2 aliphatic rings. The number of allylic oxidation sites excluding steroid dienone is 3. The summed E-state index contributed by atoms with van der Waals surface area (Å²) in [5.74, 6) is 1.10. The molecule has 1 aliphatic heterocycles. The quantitative estimate of drug-likeness (QED) is 0.544. The highest BCUT2D eigenvalue weighted by Gasteiger charge is 2.35. The number of carbonyl (C=O) groups is 1. The van der Waals surface area contributed by atoms with Crippen molar-refractivity contribution in [2.45, 2.75) is 52.9 Å². The van der Waals surface area contributed by atoms with E-state index in [0.29, 0.717) is 0 Å². The van der Waals surface area contributed by atoms with E-state index >= 15 is 0 Å². The van der Waals surface area contributed by atoms with Crippen LogP contribution < -0.4 is 27.0 Å². The van der Waals surface area contributed by atoms with Crippen LogP contribution in [0.2, 0.25) is 0 Å². The number of benzene rings is 1. The molecule has 1 aliphatic carbocycles. The number of fused-ring (bicyclic) bond motifs is 2. The van der Waals surface area contributed by atoms with Crippen LogP contribution in [0, 0.1) is 5.41 Å². The maximum Gasteiger partial charge on any atom is 0.303 e. The molecule has 0 bridgehead atoms. The Bertz CT molecular complexity index is 1140. The van der Waals surface area contributed by atoms with E-state index in [1.807, 2.05) is 18.3 Å². The predicted octanol–water partition coefficient (Wildman–Crippen LogP) is 3.15. The summed E-state index contributed by atoms with van der Waals surface area (Å²) < 4.78 is 6.49. The molecule has 0 saturated heterocycles. The zero-order valence-electron chi connectivity index (χ0n) is 20.8. The molecule has 4 rings (SSSR count). The summed E-state index contributed by atoms with van der Waals surface area (Å²) in [4.78, 5) is 16.3. The van der Waals surface area contributed by atoms with Gasteiger partial charge in [0.25, 0.3) is 0 Å². The van der Waals surface area contributed by atoms with Crippen molar-refractivity contribution in [3.05, 3.63) is 76.8 Å². The molecule has 0 spiro atoms. The van der Waals surface area contributed by atoms with Crippen molar-refractivity contribution < 1.29 is 32.0 Å². The molecule has 0 fully saturated rings. The summed E-state index contributed by atoms with van der Waals surface area (Å²) in [6.07, 6.45) is 12.4. The number of pyridine rings is 1. The minimum Gasteiger partial charge on any atom is -1.00 e. The second-order valence-corrected chi connectivity index (χ2v) is 9.77. The fourth-order valence-electron chi connectivity index (χ4n) is 4.80. The second-order valence-electron chi connectivity index (χ2n) is 9.77. The molecule has 35 heavy (non-hydrogen) atoms. The van der Waals surface area contributed by atoms with Crippen LogP contribution in [0.1, 0.15) is 64.1 Å². The minimum atomic E-state index is -0.716. The van der Waals surface area contributed by atoms with Gasteiger partial charge in [-0.1, -0.05) is 20.3 Å². The van der Waals surface area contributed by atoms with Crippen LogP contribution in [0.5, 0.6) is 5.75 Å². The lowest BCUT2D eigenvalue weighted by Gasteiger charge is -2.37. The van der Waals surface area contributed by atoms with Crippen LogP contribution in [0.25, 0.3) is 12.2 Å². The number of hydrogen-bond acceptors (Lipinski definition) is 3. The summed E-state index contributed by atoms with van der Waals surface area (Å²) in [5, 5.41) is 8.83. The Morgan fingerprint density at radius 2 is 2.00 bits per heavy atom. The number of aromatic amines is 1. The van der Waals surface area contributed by atoms with Gasteiger partial charge in [-0.2, -0.15) is 0 Å². The Labute approximate surface area is 214 Å². The van der Waals surface area contributed by atoms with Gasteiger partial charge in [-0.05, 0) is 67.5 Å². The van der Waals surface area contributed by atoms with Crippen LogP contribution in [0.4, 0.5) is 5.69 Å². The number of H-pyrrole nitrogens is 1. The lowest BCUT2D eigenvalue weighted by Crippen LogP contribution is -3.00. The van der Waals surface area contributed by atoms with Crippen molar-refractivity contribution >= 4 is 23.8 Å². The Morgan fingerprint density at radius 3 is 2.71 bits per heavy atom. The van der Waals surface area contributed by atoms with E-state index in [1.54, 1.807) is 0 Å². The van der Waals surface area contributed by atoms with Crippen molar-refractivity contribution in [3.8, 4) is 5.75 Å². The fraction of sp³-hybridized carbons (Fsp3) is 0.379. The Morgan fingerprint density at radius 1 is 1.17 bits per heavy atom. The highest BCUT2D eigenvalue weighted by Crippen LogP contribution is 2.48. The van der Waals surface area contributed by atoms with E-state index in [2.05, 4.69) is 73.1 Å². The van der Waals surface area contributed by atoms with Gasteiger partial charge < -0.3 is 27.2 Å². The summed E-state index contributed by atoms with van der Waals surface area (Å²) >= 11 is 0. The lowest BCUT2D eigenvalue weighted by molar-refractivity contribution is -0.380. The molecular formula is C29H35ClN2O3. The fourth-order valence-corrected chi connectivity index (χ4v) is 4.80. The second kappa shape index (κ2) is 11.6. The molecule has 0 radical (unpaired) electrons. The first-order chi connectivity index (χ1) is 16.4. The first-order valence-corrected chi connectivity index (χ1v) is 12.3. The van der Waals surface area contributed by atoms with Crippen molar-refractivity contribution in [3.63, 3.8) is 0 Å². The number of carboxylic acids is 1. The summed E-state index contributed by atoms with van der Waals surface area (Å²) in [6, 6.07) is 12.6. The average molecular weight is 495 g/mol. The highest BCUT2D eigenvalue weighted by atomic mass is 35.5. The number of carboxylic acid groups (broad SMARTS) is 1. The van der Waals surface area contributed by atoms with Crippen molar-refractivity contribution in [1.82, 2.24) is 0 Å². The smallest absolute Gasteiger partial charge is 0.303 e. The van der Waals surface area contributed by atoms with Gasteiger partial charge in [0.05, 0.1) is 0 Å². The normalized spacial score (nSPS) is 16.7.